The largest absolute Gasteiger partial charge is 0.398 e. The molecule has 2 N–H and O–H groups in total. The average Bonchev–Trinajstić information content (AvgIpc) is 3.03. The molecule has 0 spiro atoms. The Morgan fingerprint density at radius 2 is 1.81 bits per heavy atom. The Labute approximate surface area is 128 Å². The molecular formula is C17H28N4. The maximum Gasteiger partial charge on any atom is 0.0593 e. The summed E-state index contributed by atoms with van der Waals surface area (Å²) in [6.07, 6.45) is 7.59. The second-order valence-corrected chi connectivity index (χ2v) is 6.68. The van der Waals surface area contributed by atoms with Crippen LogP contribution in [0, 0.1) is 13.8 Å². The molecule has 0 bridgehead atoms. The first-order chi connectivity index (χ1) is 10.1. The summed E-state index contributed by atoms with van der Waals surface area (Å²) in [6, 6.07) is 0.863. The number of aryl methyl sites for hydroxylation is 1. The monoisotopic (exact) mass is 288 g/mol. The fourth-order valence-corrected chi connectivity index (χ4v) is 3.72. The molecule has 0 aromatic carbocycles. The van der Waals surface area contributed by atoms with Crippen molar-refractivity contribution in [1.29, 1.82) is 0 Å². The maximum absolute atomic E-state index is 6.13. The molecule has 2 fully saturated rings. The van der Waals surface area contributed by atoms with Crippen LogP contribution in [0.25, 0.3) is 0 Å². The van der Waals surface area contributed by atoms with E-state index in [1.807, 2.05) is 13.1 Å². The quantitative estimate of drug-likeness (QED) is 0.927. The van der Waals surface area contributed by atoms with E-state index in [2.05, 4.69) is 21.7 Å². The van der Waals surface area contributed by atoms with Crippen molar-refractivity contribution in [2.75, 3.05) is 31.9 Å². The van der Waals surface area contributed by atoms with Crippen molar-refractivity contribution in [1.82, 2.24) is 14.8 Å². The minimum atomic E-state index is 0.863. The number of rotatable bonds is 3. The highest BCUT2D eigenvalue weighted by molar-refractivity contribution is 5.53. The molecule has 1 saturated carbocycles. The minimum Gasteiger partial charge on any atom is -0.398 e. The lowest BCUT2D eigenvalue weighted by molar-refractivity contribution is 0.0928. The van der Waals surface area contributed by atoms with Gasteiger partial charge >= 0.3 is 0 Å². The molecule has 1 aromatic heterocycles. The van der Waals surface area contributed by atoms with E-state index in [4.69, 9.17) is 5.73 Å². The maximum atomic E-state index is 6.13. The third kappa shape index (κ3) is 3.22. The second-order valence-electron chi connectivity index (χ2n) is 6.68. The number of nitrogens with zero attached hydrogens (tertiary/aromatic N) is 3. The summed E-state index contributed by atoms with van der Waals surface area (Å²) in [5, 5.41) is 0. The molecule has 3 rings (SSSR count). The van der Waals surface area contributed by atoms with Crippen LogP contribution in [-0.4, -0.2) is 47.0 Å². The highest BCUT2D eigenvalue weighted by Crippen LogP contribution is 2.25. The van der Waals surface area contributed by atoms with Gasteiger partial charge in [-0.25, -0.2) is 0 Å². The predicted octanol–water partition coefficient (Wildman–Crippen LogP) is 2.34. The summed E-state index contributed by atoms with van der Waals surface area (Å²) in [5.41, 5.74) is 10.4. The molecule has 1 aromatic rings. The first kappa shape index (κ1) is 14.8. The number of piperazine rings is 1. The molecule has 0 amide bonds. The van der Waals surface area contributed by atoms with Crippen molar-refractivity contribution < 1.29 is 0 Å². The summed E-state index contributed by atoms with van der Waals surface area (Å²) in [4.78, 5) is 9.82. The van der Waals surface area contributed by atoms with Crippen LogP contribution in [0.15, 0.2) is 6.20 Å². The van der Waals surface area contributed by atoms with Gasteiger partial charge in [-0.1, -0.05) is 12.8 Å². The van der Waals surface area contributed by atoms with E-state index in [1.165, 1.54) is 38.8 Å². The number of hydrogen-bond donors (Lipinski definition) is 1. The summed E-state index contributed by atoms with van der Waals surface area (Å²) < 4.78 is 0. The molecule has 1 aliphatic carbocycles. The number of pyridine rings is 1. The highest BCUT2D eigenvalue weighted by Gasteiger charge is 2.26. The first-order valence-electron chi connectivity index (χ1n) is 8.32. The number of nitrogens with two attached hydrogens (primary N) is 1. The van der Waals surface area contributed by atoms with E-state index < -0.39 is 0 Å². The lowest BCUT2D eigenvalue weighted by Gasteiger charge is -2.38. The van der Waals surface area contributed by atoms with E-state index in [9.17, 15) is 0 Å². The van der Waals surface area contributed by atoms with E-state index in [1.54, 1.807) is 0 Å². The third-order valence-electron chi connectivity index (χ3n) is 5.30. The molecule has 1 aliphatic heterocycles. The lowest BCUT2D eigenvalue weighted by Crippen LogP contribution is -2.49. The van der Waals surface area contributed by atoms with Gasteiger partial charge in [0.1, 0.15) is 0 Å². The molecule has 2 heterocycles. The zero-order chi connectivity index (χ0) is 14.8. The molecule has 2 aliphatic rings. The van der Waals surface area contributed by atoms with Crippen LogP contribution in [0.3, 0.4) is 0 Å². The number of nitrogen functional groups attached to an aromatic ring is 1. The lowest BCUT2D eigenvalue weighted by atomic mass is 10.1. The van der Waals surface area contributed by atoms with Crippen LogP contribution in [0.2, 0.25) is 0 Å². The smallest absolute Gasteiger partial charge is 0.0593 e. The van der Waals surface area contributed by atoms with Gasteiger partial charge in [0.15, 0.2) is 0 Å². The van der Waals surface area contributed by atoms with Crippen LogP contribution < -0.4 is 5.73 Å². The normalized spacial score (nSPS) is 22.0. The van der Waals surface area contributed by atoms with E-state index in [-0.39, 0.29) is 0 Å². The van der Waals surface area contributed by atoms with Crippen LogP contribution in [0.4, 0.5) is 5.69 Å². The Morgan fingerprint density at radius 3 is 2.48 bits per heavy atom. The highest BCUT2D eigenvalue weighted by atomic mass is 15.3. The van der Waals surface area contributed by atoms with Crippen molar-refractivity contribution in [2.45, 2.75) is 52.1 Å². The number of anilines is 1. The molecule has 4 heteroatoms. The van der Waals surface area contributed by atoms with Crippen LogP contribution in [-0.2, 0) is 6.54 Å². The van der Waals surface area contributed by atoms with E-state index in [0.717, 1.165) is 48.2 Å². The molecule has 21 heavy (non-hydrogen) atoms. The molecule has 0 unspecified atom stereocenters. The molecule has 4 nitrogen and oxygen atoms in total. The Hall–Kier alpha value is -1.13. The van der Waals surface area contributed by atoms with Crippen molar-refractivity contribution in [3.8, 4) is 0 Å². The van der Waals surface area contributed by atoms with E-state index in [0.29, 0.717) is 0 Å². The Morgan fingerprint density at radius 1 is 1.14 bits per heavy atom. The standard InChI is InChI=1S/C17H28N4/c1-13-11-19-16(14(2)17(13)18)12-20-7-9-21(10-8-20)15-5-3-4-6-15/h11,15H,3-10,12H2,1-2H3,(H2,18,19). The van der Waals surface area contributed by atoms with Gasteiger partial charge in [-0.15, -0.1) is 0 Å². The van der Waals surface area contributed by atoms with Crippen LogP contribution in [0.1, 0.15) is 42.5 Å². The van der Waals surface area contributed by atoms with Crippen molar-refractivity contribution in [3.05, 3.63) is 23.0 Å². The molecule has 0 radical (unpaired) electrons. The summed E-state index contributed by atoms with van der Waals surface area (Å²) >= 11 is 0. The first-order valence-corrected chi connectivity index (χ1v) is 8.32. The molecule has 116 valence electrons. The minimum absolute atomic E-state index is 0.863. The van der Waals surface area contributed by atoms with Gasteiger partial charge in [0, 0.05) is 50.6 Å². The van der Waals surface area contributed by atoms with Crippen molar-refractivity contribution in [2.24, 2.45) is 0 Å². The third-order valence-corrected chi connectivity index (χ3v) is 5.30. The van der Waals surface area contributed by atoms with Gasteiger partial charge in [0.25, 0.3) is 0 Å². The van der Waals surface area contributed by atoms with Gasteiger partial charge in [0.05, 0.1) is 5.69 Å². The predicted molar refractivity (Wildman–Crippen MR) is 87.2 cm³/mol. The Bertz CT molecular complexity index is 486. The summed E-state index contributed by atoms with van der Waals surface area (Å²) in [5.74, 6) is 0. The Balaban J connectivity index is 1.57. The van der Waals surface area contributed by atoms with Gasteiger partial charge < -0.3 is 5.73 Å². The zero-order valence-corrected chi connectivity index (χ0v) is 13.4. The van der Waals surface area contributed by atoms with Crippen LogP contribution in [0.5, 0.6) is 0 Å². The fourth-order valence-electron chi connectivity index (χ4n) is 3.72. The molecule has 0 atom stereocenters. The van der Waals surface area contributed by atoms with E-state index >= 15 is 0 Å². The molecular weight excluding hydrogens is 260 g/mol. The van der Waals surface area contributed by atoms with Gasteiger partial charge in [-0.05, 0) is 37.8 Å². The number of aromatic nitrogens is 1. The second kappa shape index (κ2) is 6.32. The fraction of sp³-hybridized carbons (Fsp3) is 0.706. The topological polar surface area (TPSA) is 45.4 Å². The Kier molecular flexibility index (Phi) is 4.45. The van der Waals surface area contributed by atoms with Gasteiger partial charge in [0.2, 0.25) is 0 Å². The van der Waals surface area contributed by atoms with Gasteiger partial charge in [-0.2, -0.15) is 0 Å². The summed E-state index contributed by atoms with van der Waals surface area (Å²) in [7, 11) is 0. The van der Waals surface area contributed by atoms with Crippen molar-refractivity contribution in [3.63, 3.8) is 0 Å². The molecule has 1 saturated heterocycles. The average molecular weight is 288 g/mol. The summed E-state index contributed by atoms with van der Waals surface area (Å²) in [6.45, 7) is 9.81. The van der Waals surface area contributed by atoms with Crippen LogP contribution >= 0.6 is 0 Å². The van der Waals surface area contributed by atoms with Crippen molar-refractivity contribution >= 4 is 5.69 Å². The number of hydrogen-bond acceptors (Lipinski definition) is 4. The zero-order valence-electron chi connectivity index (χ0n) is 13.4. The van der Waals surface area contributed by atoms with Gasteiger partial charge in [-0.3, -0.25) is 14.8 Å². The SMILES string of the molecule is Cc1cnc(CN2CCN(C3CCCC3)CC2)c(C)c1N.